The first-order chi connectivity index (χ1) is 13.2. The van der Waals surface area contributed by atoms with Gasteiger partial charge in [0.1, 0.15) is 0 Å². The van der Waals surface area contributed by atoms with E-state index in [9.17, 15) is 22.8 Å². The summed E-state index contributed by atoms with van der Waals surface area (Å²) in [6.45, 7) is 1.68. The molecule has 28 heavy (non-hydrogen) atoms. The minimum atomic E-state index is -1.69. The quantitative estimate of drug-likeness (QED) is 0.636. The number of carbonyl (C=O) groups is 2. The summed E-state index contributed by atoms with van der Waals surface area (Å²) in [6.07, 6.45) is 0.445. The van der Waals surface area contributed by atoms with Crippen LogP contribution in [0.15, 0.2) is 30.3 Å². The van der Waals surface area contributed by atoms with Crippen LogP contribution in [0.1, 0.15) is 18.9 Å². The van der Waals surface area contributed by atoms with Crippen LogP contribution >= 0.6 is 23.2 Å². The van der Waals surface area contributed by atoms with Crippen molar-refractivity contribution >= 4 is 40.7 Å². The Kier molecular flexibility index (Phi) is 7.71. The standard InChI is InChI=1S/C19H17Cl2F3N2O2/c1-2-8-26(17(28)9-11-12(20)4-3-5-13(11)21)10-16(27)25-15-7-6-14(22)18(23)19(15)24/h3-7H,2,8-10H2,1H3,(H,25,27). The molecule has 0 heterocycles. The highest BCUT2D eigenvalue weighted by Crippen LogP contribution is 2.25. The Hall–Kier alpha value is -2.25. The molecule has 0 bridgehead atoms. The van der Waals surface area contributed by atoms with Crippen molar-refractivity contribution in [1.82, 2.24) is 4.90 Å². The monoisotopic (exact) mass is 432 g/mol. The largest absolute Gasteiger partial charge is 0.333 e. The lowest BCUT2D eigenvalue weighted by Crippen LogP contribution is -2.39. The van der Waals surface area contributed by atoms with Gasteiger partial charge < -0.3 is 10.2 Å². The smallest absolute Gasteiger partial charge is 0.244 e. The average Bonchev–Trinajstić information content (AvgIpc) is 2.65. The molecule has 2 aromatic carbocycles. The summed E-state index contributed by atoms with van der Waals surface area (Å²) in [7, 11) is 0. The van der Waals surface area contributed by atoms with Gasteiger partial charge in [0.2, 0.25) is 11.8 Å². The molecule has 2 aromatic rings. The Morgan fingerprint density at radius 3 is 2.29 bits per heavy atom. The van der Waals surface area contributed by atoms with Crippen molar-refractivity contribution in [3.63, 3.8) is 0 Å². The molecule has 0 saturated carbocycles. The Morgan fingerprint density at radius 1 is 1.04 bits per heavy atom. The summed E-state index contributed by atoms with van der Waals surface area (Å²) in [5, 5.41) is 2.79. The van der Waals surface area contributed by atoms with E-state index in [-0.39, 0.29) is 13.0 Å². The number of hydrogen-bond donors (Lipinski definition) is 1. The van der Waals surface area contributed by atoms with E-state index in [2.05, 4.69) is 5.32 Å². The fraction of sp³-hybridized carbons (Fsp3) is 0.263. The van der Waals surface area contributed by atoms with Crippen LogP contribution in [0.5, 0.6) is 0 Å². The topological polar surface area (TPSA) is 49.4 Å². The number of halogens is 5. The summed E-state index contributed by atoms with van der Waals surface area (Å²) in [5.74, 6) is -5.72. The predicted octanol–water partition coefficient (Wildman–Crippen LogP) is 4.83. The molecule has 1 N–H and O–H groups in total. The minimum Gasteiger partial charge on any atom is -0.333 e. The fourth-order valence-corrected chi connectivity index (χ4v) is 3.04. The van der Waals surface area contributed by atoms with Crippen molar-refractivity contribution in [3.05, 3.63) is 63.4 Å². The van der Waals surface area contributed by atoms with E-state index in [4.69, 9.17) is 23.2 Å². The maximum absolute atomic E-state index is 13.7. The van der Waals surface area contributed by atoms with Gasteiger partial charge in [-0.3, -0.25) is 9.59 Å². The number of carbonyl (C=O) groups excluding carboxylic acids is 2. The van der Waals surface area contributed by atoms with Crippen LogP contribution in [0.2, 0.25) is 10.0 Å². The SMILES string of the molecule is CCCN(CC(=O)Nc1ccc(F)c(F)c1F)C(=O)Cc1c(Cl)cccc1Cl. The van der Waals surface area contributed by atoms with E-state index in [1.807, 2.05) is 6.92 Å². The average molecular weight is 433 g/mol. The Balaban J connectivity index is 2.10. The summed E-state index contributed by atoms with van der Waals surface area (Å²) in [5.41, 5.74) is -0.0778. The Bertz CT molecular complexity index is 873. The van der Waals surface area contributed by atoms with Gasteiger partial charge in [0, 0.05) is 16.6 Å². The van der Waals surface area contributed by atoms with Crippen LogP contribution in [0, 0.1) is 17.5 Å². The summed E-state index contributed by atoms with van der Waals surface area (Å²) < 4.78 is 40.0. The van der Waals surface area contributed by atoms with Crippen molar-refractivity contribution in [3.8, 4) is 0 Å². The van der Waals surface area contributed by atoms with Gasteiger partial charge in [0.15, 0.2) is 17.5 Å². The number of anilines is 1. The van der Waals surface area contributed by atoms with Gasteiger partial charge >= 0.3 is 0 Å². The highest BCUT2D eigenvalue weighted by molar-refractivity contribution is 6.36. The molecular formula is C19H17Cl2F3N2O2. The fourth-order valence-electron chi connectivity index (χ4n) is 2.51. The predicted molar refractivity (Wildman–Crippen MR) is 102 cm³/mol. The van der Waals surface area contributed by atoms with Crippen molar-refractivity contribution in [1.29, 1.82) is 0 Å². The van der Waals surface area contributed by atoms with Crippen LogP contribution in [0.25, 0.3) is 0 Å². The zero-order valence-electron chi connectivity index (χ0n) is 14.9. The molecule has 2 amide bonds. The van der Waals surface area contributed by atoms with Gasteiger partial charge in [-0.2, -0.15) is 0 Å². The first-order valence-electron chi connectivity index (χ1n) is 8.38. The van der Waals surface area contributed by atoms with Gasteiger partial charge in [-0.1, -0.05) is 36.2 Å². The second-order valence-electron chi connectivity index (χ2n) is 5.96. The normalized spacial score (nSPS) is 10.6. The molecule has 0 aliphatic rings. The molecule has 2 rings (SSSR count). The second-order valence-corrected chi connectivity index (χ2v) is 6.78. The van der Waals surface area contributed by atoms with Crippen molar-refractivity contribution < 1.29 is 22.8 Å². The minimum absolute atomic E-state index is 0.120. The molecule has 0 radical (unpaired) electrons. The van der Waals surface area contributed by atoms with Gasteiger partial charge in [-0.05, 0) is 36.2 Å². The summed E-state index contributed by atoms with van der Waals surface area (Å²) in [6, 6.07) is 6.44. The molecule has 0 atom stereocenters. The molecule has 150 valence electrons. The van der Waals surface area contributed by atoms with Crippen molar-refractivity contribution in [2.45, 2.75) is 19.8 Å². The van der Waals surface area contributed by atoms with E-state index in [0.29, 0.717) is 28.1 Å². The zero-order chi connectivity index (χ0) is 20.8. The van der Waals surface area contributed by atoms with Crippen molar-refractivity contribution in [2.75, 3.05) is 18.4 Å². The number of rotatable bonds is 7. The number of amides is 2. The third-order valence-electron chi connectivity index (χ3n) is 3.88. The third kappa shape index (κ3) is 5.39. The molecule has 0 aromatic heterocycles. The zero-order valence-corrected chi connectivity index (χ0v) is 16.4. The molecule has 0 spiro atoms. The first-order valence-corrected chi connectivity index (χ1v) is 9.14. The van der Waals surface area contributed by atoms with E-state index in [1.165, 1.54) is 4.90 Å². The molecule has 0 aliphatic heterocycles. The molecule has 0 unspecified atom stereocenters. The van der Waals surface area contributed by atoms with Gasteiger partial charge in [0.05, 0.1) is 18.7 Å². The molecule has 0 fully saturated rings. The lowest BCUT2D eigenvalue weighted by molar-refractivity contribution is -0.134. The number of benzene rings is 2. The maximum atomic E-state index is 13.7. The number of nitrogens with one attached hydrogen (secondary N) is 1. The lowest BCUT2D eigenvalue weighted by atomic mass is 10.1. The van der Waals surface area contributed by atoms with Gasteiger partial charge in [-0.15, -0.1) is 0 Å². The van der Waals surface area contributed by atoms with E-state index >= 15 is 0 Å². The highest BCUT2D eigenvalue weighted by Gasteiger charge is 2.21. The van der Waals surface area contributed by atoms with Gasteiger partial charge in [-0.25, -0.2) is 13.2 Å². The molecular weight excluding hydrogens is 416 g/mol. The van der Waals surface area contributed by atoms with E-state index in [1.54, 1.807) is 18.2 Å². The lowest BCUT2D eigenvalue weighted by Gasteiger charge is -2.22. The molecule has 0 aliphatic carbocycles. The number of hydrogen-bond acceptors (Lipinski definition) is 2. The number of nitrogens with zero attached hydrogens (tertiary/aromatic N) is 1. The van der Waals surface area contributed by atoms with Crippen LogP contribution in [0.4, 0.5) is 18.9 Å². The molecule has 4 nitrogen and oxygen atoms in total. The van der Waals surface area contributed by atoms with Crippen LogP contribution in [0.3, 0.4) is 0 Å². The van der Waals surface area contributed by atoms with Crippen LogP contribution in [-0.4, -0.2) is 29.8 Å². The Morgan fingerprint density at radius 2 is 1.68 bits per heavy atom. The van der Waals surface area contributed by atoms with Crippen molar-refractivity contribution in [2.24, 2.45) is 0 Å². The Labute approximate surface area is 170 Å². The van der Waals surface area contributed by atoms with E-state index < -0.39 is 41.5 Å². The highest BCUT2D eigenvalue weighted by atomic mass is 35.5. The molecule has 0 saturated heterocycles. The van der Waals surface area contributed by atoms with Crippen LogP contribution < -0.4 is 5.32 Å². The summed E-state index contributed by atoms with van der Waals surface area (Å²) in [4.78, 5) is 26.1. The van der Waals surface area contributed by atoms with Gasteiger partial charge in [0.25, 0.3) is 0 Å². The summed E-state index contributed by atoms with van der Waals surface area (Å²) >= 11 is 12.1. The first kappa shape index (κ1) is 22.0. The van der Waals surface area contributed by atoms with Crippen LogP contribution in [-0.2, 0) is 16.0 Å². The maximum Gasteiger partial charge on any atom is 0.244 e. The second kappa shape index (κ2) is 9.80. The third-order valence-corrected chi connectivity index (χ3v) is 4.59. The van der Waals surface area contributed by atoms with E-state index in [0.717, 1.165) is 6.07 Å². The molecule has 9 heteroatoms.